The molecule has 0 aliphatic carbocycles. The topological polar surface area (TPSA) is 94.1 Å². The lowest BCUT2D eigenvalue weighted by molar-refractivity contribution is -0.198. The van der Waals surface area contributed by atoms with Gasteiger partial charge in [0.1, 0.15) is 0 Å². The third-order valence-electron chi connectivity index (χ3n) is 3.83. The van der Waals surface area contributed by atoms with Crippen molar-refractivity contribution in [3.63, 3.8) is 0 Å². The molecule has 0 aliphatic heterocycles. The maximum atomic E-state index is 13.7. The van der Waals surface area contributed by atoms with E-state index < -0.39 is 34.0 Å². The molecule has 30 heavy (non-hydrogen) atoms. The summed E-state index contributed by atoms with van der Waals surface area (Å²) in [4.78, 5) is 12.0. The Bertz CT molecular complexity index is 1140. The number of benzene rings is 1. The minimum absolute atomic E-state index is 0.232. The summed E-state index contributed by atoms with van der Waals surface area (Å²) in [5, 5.41) is 0. The molecule has 0 bridgehead atoms. The standard InChI is InChI=1S/C18H16F3IN4O3S/c1-2-8-30(27,28)26-16-17(25-13-6-5-12(22)9-14(13)24-16)29-15(18(19,20)21)11-4-3-7-23-10-11/h3-7,9-10,15H,2,8H2,1H3,(H,24,26). The van der Waals surface area contributed by atoms with E-state index in [-0.39, 0.29) is 16.8 Å². The van der Waals surface area contributed by atoms with Gasteiger partial charge in [0.05, 0.1) is 16.8 Å². The van der Waals surface area contributed by atoms with E-state index in [2.05, 4.69) is 19.7 Å². The molecular formula is C18H16F3IN4O3S. The van der Waals surface area contributed by atoms with Gasteiger partial charge in [-0.15, -0.1) is 0 Å². The molecule has 3 rings (SSSR count). The van der Waals surface area contributed by atoms with Crippen LogP contribution >= 0.6 is 22.6 Å². The average molecular weight is 552 g/mol. The van der Waals surface area contributed by atoms with Crippen molar-refractivity contribution < 1.29 is 26.3 Å². The number of hydrogen-bond donors (Lipinski definition) is 1. The van der Waals surface area contributed by atoms with Crippen LogP contribution in [-0.4, -0.2) is 35.3 Å². The van der Waals surface area contributed by atoms with Gasteiger partial charge in [-0.3, -0.25) is 9.71 Å². The Kier molecular flexibility index (Phi) is 6.65. The van der Waals surface area contributed by atoms with Crippen LogP contribution in [0.2, 0.25) is 0 Å². The van der Waals surface area contributed by atoms with Crippen molar-refractivity contribution in [1.29, 1.82) is 0 Å². The number of ether oxygens (including phenoxy) is 1. The molecule has 0 radical (unpaired) electrons. The second-order valence-corrected chi connectivity index (χ2v) is 9.34. The molecule has 3 aromatic rings. The fourth-order valence-corrected chi connectivity index (χ4v) is 4.14. The van der Waals surface area contributed by atoms with Crippen LogP contribution in [0, 0.1) is 3.57 Å². The molecule has 0 aliphatic rings. The van der Waals surface area contributed by atoms with Crippen LogP contribution in [0.4, 0.5) is 19.0 Å². The third kappa shape index (κ3) is 5.47. The van der Waals surface area contributed by atoms with E-state index in [9.17, 15) is 21.6 Å². The molecule has 7 nitrogen and oxygen atoms in total. The number of nitrogens with one attached hydrogen (secondary N) is 1. The summed E-state index contributed by atoms with van der Waals surface area (Å²) in [6.07, 6.45) is -4.54. The largest absolute Gasteiger partial charge is 0.457 e. The number of anilines is 1. The normalized spacial score (nSPS) is 13.2. The number of hydrogen-bond acceptors (Lipinski definition) is 6. The Balaban J connectivity index is 2.12. The summed E-state index contributed by atoms with van der Waals surface area (Å²) >= 11 is 2.03. The summed E-state index contributed by atoms with van der Waals surface area (Å²) in [6, 6.07) is 7.45. The molecule has 160 valence electrons. The number of pyridine rings is 1. The Labute approximate surface area is 184 Å². The van der Waals surface area contributed by atoms with Crippen LogP contribution in [-0.2, 0) is 10.0 Å². The molecule has 0 amide bonds. The molecule has 1 atom stereocenters. The molecule has 2 aromatic heterocycles. The smallest absolute Gasteiger partial charge is 0.429 e. The zero-order chi connectivity index (χ0) is 21.9. The highest BCUT2D eigenvalue weighted by Crippen LogP contribution is 2.38. The van der Waals surface area contributed by atoms with Gasteiger partial charge in [-0.1, -0.05) is 13.0 Å². The summed E-state index contributed by atoms with van der Waals surface area (Å²) < 4.78 is 73.8. The van der Waals surface area contributed by atoms with Gasteiger partial charge in [0, 0.05) is 21.5 Å². The highest BCUT2D eigenvalue weighted by atomic mass is 127. The van der Waals surface area contributed by atoms with E-state index in [0.29, 0.717) is 11.9 Å². The van der Waals surface area contributed by atoms with Crippen molar-refractivity contribution in [3.8, 4) is 5.88 Å². The lowest BCUT2D eigenvalue weighted by atomic mass is 10.1. The fraction of sp³-hybridized carbons (Fsp3) is 0.278. The van der Waals surface area contributed by atoms with Gasteiger partial charge in [-0.2, -0.15) is 13.2 Å². The Morgan fingerprint density at radius 3 is 2.60 bits per heavy atom. The van der Waals surface area contributed by atoms with Gasteiger partial charge in [-0.05, 0) is 53.3 Å². The lowest BCUT2D eigenvalue weighted by Gasteiger charge is -2.22. The van der Waals surface area contributed by atoms with Gasteiger partial charge >= 0.3 is 6.18 Å². The van der Waals surface area contributed by atoms with Crippen LogP contribution in [0.3, 0.4) is 0 Å². The Hall–Kier alpha value is -2.22. The average Bonchev–Trinajstić information content (AvgIpc) is 2.65. The van der Waals surface area contributed by atoms with Gasteiger partial charge in [-0.25, -0.2) is 18.4 Å². The summed E-state index contributed by atoms with van der Waals surface area (Å²) in [5.41, 5.74) is 0.321. The SMILES string of the molecule is CCCS(=O)(=O)Nc1nc2cc(I)ccc2nc1OC(c1cccnc1)C(F)(F)F. The quantitative estimate of drug-likeness (QED) is 0.435. The number of nitrogens with zero attached hydrogens (tertiary/aromatic N) is 3. The van der Waals surface area contributed by atoms with E-state index in [1.807, 2.05) is 22.6 Å². The van der Waals surface area contributed by atoms with E-state index in [1.165, 1.54) is 18.3 Å². The molecule has 0 saturated heterocycles. The molecule has 1 aromatic carbocycles. The summed E-state index contributed by atoms with van der Waals surface area (Å²) in [6.45, 7) is 1.66. The second-order valence-electron chi connectivity index (χ2n) is 6.26. The van der Waals surface area contributed by atoms with Crippen molar-refractivity contribution in [1.82, 2.24) is 15.0 Å². The third-order valence-corrected chi connectivity index (χ3v) is 5.95. The molecule has 1 unspecified atom stereocenters. The summed E-state index contributed by atoms with van der Waals surface area (Å²) in [5.74, 6) is -1.21. The molecular weight excluding hydrogens is 536 g/mol. The highest BCUT2D eigenvalue weighted by molar-refractivity contribution is 14.1. The van der Waals surface area contributed by atoms with Crippen molar-refractivity contribution >= 4 is 49.5 Å². The van der Waals surface area contributed by atoms with Crippen LogP contribution in [0.5, 0.6) is 5.88 Å². The van der Waals surface area contributed by atoms with Crippen LogP contribution in [0.25, 0.3) is 11.0 Å². The molecule has 0 spiro atoms. The maximum Gasteiger partial charge on any atom is 0.429 e. The number of halogens is 4. The first-order valence-corrected chi connectivity index (χ1v) is 11.4. The van der Waals surface area contributed by atoms with Crippen LogP contribution in [0.15, 0.2) is 42.7 Å². The summed E-state index contributed by atoms with van der Waals surface area (Å²) in [7, 11) is -3.85. The number of sulfonamides is 1. The fourth-order valence-electron chi connectivity index (χ4n) is 2.59. The van der Waals surface area contributed by atoms with Crippen molar-refractivity contribution in [2.45, 2.75) is 25.6 Å². The number of rotatable bonds is 7. The van der Waals surface area contributed by atoms with E-state index in [0.717, 1.165) is 9.77 Å². The monoisotopic (exact) mass is 552 g/mol. The number of fused-ring (bicyclic) bond motifs is 1. The minimum Gasteiger partial charge on any atom is -0.457 e. The molecule has 0 fully saturated rings. The van der Waals surface area contributed by atoms with E-state index in [1.54, 1.807) is 25.1 Å². The minimum atomic E-state index is -4.80. The van der Waals surface area contributed by atoms with Crippen LogP contribution in [0.1, 0.15) is 25.0 Å². The molecule has 1 N–H and O–H groups in total. The zero-order valence-corrected chi connectivity index (χ0v) is 18.5. The maximum absolute atomic E-state index is 13.7. The Morgan fingerprint density at radius 1 is 1.20 bits per heavy atom. The molecule has 12 heteroatoms. The number of aromatic nitrogens is 3. The second kappa shape index (κ2) is 8.88. The Morgan fingerprint density at radius 2 is 1.97 bits per heavy atom. The predicted octanol–water partition coefficient (Wildman–Crippen LogP) is 4.46. The highest BCUT2D eigenvalue weighted by Gasteiger charge is 2.44. The predicted molar refractivity (Wildman–Crippen MR) is 114 cm³/mol. The first kappa shape index (κ1) is 22.5. The van der Waals surface area contributed by atoms with Gasteiger partial charge in [0.2, 0.25) is 21.9 Å². The molecule has 2 heterocycles. The van der Waals surface area contributed by atoms with Crippen molar-refractivity contribution in [3.05, 3.63) is 51.9 Å². The zero-order valence-electron chi connectivity index (χ0n) is 15.5. The van der Waals surface area contributed by atoms with E-state index in [4.69, 9.17) is 4.74 Å². The van der Waals surface area contributed by atoms with Crippen LogP contribution < -0.4 is 9.46 Å². The molecule has 0 saturated carbocycles. The van der Waals surface area contributed by atoms with Crippen molar-refractivity contribution in [2.24, 2.45) is 0 Å². The van der Waals surface area contributed by atoms with Gasteiger partial charge < -0.3 is 4.74 Å². The van der Waals surface area contributed by atoms with Gasteiger partial charge in [0.25, 0.3) is 5.88 Å². The van der Waals surface area contributed by atoms with Crippen molar-refractivity contribution in [2.75, 3.05) is 10.5 Å². The first-order valence-electron chi connectivity index (χ1n) is 8.70. The lowest BCUT2D eigenvalue weighted by Crippen LogP contribution is -2.27. The number of alkyl halides is 3. The van der Waals surface area contributed by atoms with Gasteiger partial charge in [0.15, 0.2) is 0 Å². The first-order chi connectivity index (χ1) is 14.1. The van der Waals surface area contributed by atoms with E-state index >= 15 is 0 Å².